The molecule has 26 heavy (non-hydrogen) atoms. The van der Waals surface area contributed by atoms with Gasteiger partial charge in [-0.3, -0.25) is 9.59 Å². The van der Waals surface area contributed by atoms with Gasteiger partial charge in [-0.15, -0.1) is 0 Å². The van der Waals surface area contributed by atoms with Crippen molar-refractivity contribution in [3.05, 3.63) is 65.2 Å². The molecule has 0 saturated carbocycles. The minimum Gasteiger partial charge on any atom is -0.481 e. The number of carboxylic acid groups (broad SMARTS) is 1. The first kappa shape index (κ1) is 19.7. The Kier molecular flexibility index (Phi) is 5.51. The molecule has 0 radical (unpaired) electrons. The molecule has 0 aliphatic rings. The molecule has 0 aliphatic heterocycles. The number of carbonyl (C=O) groups excluding carboxylic acids is 1. The Bertz CT molecular complexity index is 913. The van der Waals surface area contributed by atoms with Crippen LogP contribution >= 0.6 is 0 Å². The van der Waals surface area contributed by atoms with E-state index >= 15 is 0 Å². The zero-order valence-corrected chi connectivity index (χ0v) is 15.6. The van der Waals surface area contributed by atoms with Gasteiger partial charge in [-0.1, -0.05) is 24.3 Å². The van der Waals surface area contributed by atoms with Crippen LogP contribution in [0.4, 0.5) is 5.69 Å². The van der Waals surface area contributed by atoms with Crippen LogP contribution < -0.4 is 5.32 Å². The Morgan fingerprint density at radius 2 is 1.54 bits per heavy atom. The summed E-state index contributed by atoms with van der Waals surface area (Å²) < 4.78 is 22.6. The van der Waals surface area contributed by atoms with Crippen molar-refractivity contribution in [1.29, 1.82) is 0 Å². The molecule has 0 fully saturated rings. The molecule has 2 aromatic carbocycles. The highest BCUT2D eigenvalue weighted by Gasteiger charge is 2.29. The van der Waals surface area contributed by atoms with Gasteiger partial charge in [0.2, 0.25) is 0 Å². The summed E-state index contributed by atoms with van der Waals surface area (Å²) in [5, 5.41) is 12.0. The summed E-state index contributed by atoms with van der Waals surface area (Å²) in [7, 11) is -3.12. The van der Waals surface area contributed by atoms with Gasteiger partial charge in [0.1, 0.15) is 0 Å². The van der Waals surface area contributed by atoms with E-state index in [9.17, 15) is 23.1 Å². The van der Waals surface area contributed by atoms with Gasteiger partial charge in [-0.2, -0.15) is 0 Å². The van der Waals surface area contributed by atoms with Crippen LogP contribution in [-0.2, 0) is 25.8 Å². The van der Waals surface area contributed by atoms with E-state index in [0.29, 0.717) is 22.4 Å². The molecular formula is C19H21NO5S. The van der Waals surface area contributed by atoms with Crippen LogP contribution in [0.25, 0.3) is 0 Å². The number of anilines is 1. The number of nitrogens with one attached hydrogen (secondary N) is 1. The zero-order chi connectivity index (χ0) is 19.5. The highest BCUT2D eigenvalue weighted by Crippen LogP contribution is 2.25. The molecule has 7 heteroatoms. The zero-order valence-electron chi connectivity index (χ0n) is 14.8. The highest BCUT2D eigenvalue weighted by molar-refractivity contribution is 7.89. The van der Waals surface area contributed by atoms with Gasteiger partial charge < -0.3 is 10.4 Å². The molecule has 2 rings (SSSR count). The quantitative estimate of drug-likeness (QED) is 0.808. The number of hydrogen-bond acceptors (Lipinski definition) is 4. The molecule has 0 spiro atoms. The summed E-state index contributed by atoms with van der Waals surface area (Å²) in [5.74, 6) is -1.33. The molecule has 2 aromatic rings. The fourth-order valence-corrected chi connectivity index (χ4v) is 3.15. The van der Waals surface area contributed by atoms with Gasteiger partial charge in [-0.05, 0) is 49.2 Å². The number of carbonyl (C=O) groups is 2. The number of amides is 1. The number of benzene rings is 2. The predicted molar refractivity (Wildman–Crippen MR) is 100 cm³/mol. The highest BCUT2D eigenvalue weighted by atomic mass is 32.2. The van der Waals surface area contributed by atoms with Crippen molar-refractivity contribution in [3.8, 4) is 0 Å². The molecule has 0 aliphatic carbocycles. The number of hydrogen-bond donors (Lipinski definition) is 2. The Morgan fingerprint density at radius 3 is 2.00 bits per heavy atom. The minimum atomic E-state index is -3.12. The monoisotopic (exact) mass is 375 g/mol. The average Bonchev–Trinajstić information content (AvgIpc) is 2.54. The molecule has 1 amide bonds. The van der Waals surface area contributed by atoms with E-state index in [4.69, 9.17) is 0 Å². The maximum atomic E-state index is 12.3. The van der Waals surface area contributed by atoms with Crippen molar-refractivity contribution in [2.24, 2.45) is 0 Å². The summed E-state index contributed by atoms with van der Waals surface area (Å²) in [6.07, 6.45) is 1.16. The van der Waals surface area contributed by atoms with Gasteiger partial charge in [0, 0.05) is 17.5 Å². The molecule has 2 N–H and O–H groups in total. The maximum absolute atomic E-state index is 12.3. The number of carboxylic acids is 1. The second-order valence-corrected chi connectivity index (χ2v) is 8.87. The van der Waals surface area contributed by atoms with E-state index in [0.717, 1.165) is 6.26 Å². The van der Waals surface area contributed by atoms with Crippen molar-refractivity contribution in [1.82, 2.24) is 0 Å². The largest absolute Gasteiger partial charge is 0.481 e. The van der Waals surface area contributed by atoms with Gasteiger partial charge in [0.15, 0.2) is 9.84 Å². The number of rotatable bonds is 6. The summed E-state index contributed by atoms with van der Waals surface area (Å²) in [6, 6.07) is 13.0. The third-order valence-corrected chi connectivity index (χ3v) is 4.90. The Morgan fingerprint density at radius 1 is 1.00 bits per heavy atom. The summed E-state index contributed by atoms with van der Waals surface area (Å²) >= 11 is 0. The van der Waals surface area contributed by atoms with Crippen LogP contribution in [0, 0.1) is 0 Å². The van der Waals surface area contributed by atoms with Gasteiger partial charge in [-0.25, -0.2) is 8.42 Å². The fraction of sp³-hybridized carbons (Fsp3) is 0.263. The van der Waals surface area contributed by atoms with Crippen molar-refractivity contribution in [2.75, 3.05) is 11.6 Å². The lowest BCUT2D eigenvalue weighted by atomic mass is 9.85. The smallest absolute Gasteiger partial charge is 0.313 e. The first-order valence-electron chi connectivity index (χ1n) is 7.91. The lowest BCUT2D eigenvalue weighted by molar-refractivity contribution is -0.142. The first-order chi connectivity index (χ1) is 12.0. The SMILES string of the molecule is CC(C)(C(=O)O)c1ccc(NC(=O)c2ccc(CS(C)(=O)=O)cc2)cc1. The molecule has 0 bridgehead atoms. The van der Waals surface area contributed by atoms with Crippen molar-refractivity contribution >= 4 is 27.4 Å². The maximum Gasteiger partial charge on any atom is 0.313 e. The topological polar surface area (TPSA) is 101 Å². The van der Waals surface area contributed by atoms with Gasteiger partial charge in [0.05, 0.1) is 11.2 Å². The Hall–Kier alpha value is -2.67. The number of aliphatic carboxylic acids is 1. The van der Waals surface area contributed by atoms with E-state index in [1.165, 1.54) is 0 Å². The third kappa shape index (κ3) is 4.92. The van der Waals surface area contributed by atoms with E-state index in [1.807, 2.05) is 0 Å². The molecule has 138 valence electrons. The van der Waals surface area contributed by atoms with Crippen molar-refractivity contribution in [2.45, 2.75) is 25.0 Å². The van der Waals surface area contributed by atoms with Crippen LogP contribution in [0.2, 0.25) is 0 Å². The van der Waals surface area contributed by atoms with E-state index in [1.54, 1.807) is 62.4 Å². The van der Waals surface area contributed by atoms with Crippen molar-refractivity contribution in [3.63, 3.8) is 0 Å². The summed E-state index contributed by atoms with van der Waals surface area (Å²) in [6.45, 7) is 3.22. The van der Waals surface area contributed by atoms with Gasteiger partial charge in [0.25, 0.3) is 5.91 Å². The Labute approximate surface area is 152 Å². The number of sulfone groups is 1. The van der Waals surface area contributed by atoms with Crippen LogP contribution in [0.3, 0.4) is 0 Å². The summed E-state index contributed by atoms with van der Waals surface area (Å²) in [4.78, 5) is 23.6. The van der Waals surface area contributed by atoms with E-state index in [2.05, 4.69) is 5.32 Å². The molecule has 0 heterocycles. The standard InChI is InChI=1S/C19H21NO5S/c1-19(2,18(22)23)15-8-10-16(11-9-15)20-17(21)14-6-4-13(5-7-14)12-26(3,24)25/h4-11H,12H2,1-3H3,(H,20,21)(H,22,23). The predicted octanol–water partition coefficient (Wildman–Crippen LogP) is 2.85. The van der Waals surface area contributed by atoms with Crippen LogP contribution in [-0.4, -0.2) is 31.7 Å². The molecule has 0 atom stereocenters. The Balaban J connectivity index is 2.09. The first-order valence-corrected chi connectivity index (χ1v) is 9.97. The second-order valence-electron chi connectivity index (χ2n) is 6.73. The molecule has 6 nitrogen and oxygen atoms in total. The lowest BCUT2D eigenvalue weighted by Gasteiger charge is -2.19. The summed E-state index contributed by atoms with van der Waals surface area (Å²) in [5.41, 5.74) is 1.17. The second kappa shape index (κ2) is 7.29. The van der Waals surface area contributed by atoms with Gasteiger partial charge >= 0.3 is 5.97 Å². The van der Waals surface area contributed by atoms with Crippen LogP contribution in [0.5, 0.6) is 0 Å². The lowest BCUT2D eigenvalue weighted by Crippen LogP contribution is -2.28. The molecular weight excluding hydrogens is 354 g/mol. The minimum absolute atomic E-state index is 0.0737. The molecule has 0 saturated heterocycles. The van der Waals surface area contributed by atoms with Crippen LogP contribution in [0.1, 0.15) is 35.3 Å². The third-order valence-electron chi connectivity index (χ3n) is 4.04. The van der Waals surface area contributed by atoms with E-state index in [-0.39, 0.29) is 11.7 Å². The molecule has 0 aromatic heterocycles. The van der Waals surface area contributed by atoms with Crippen LogP contribution in [0.15, 0.2) is 48.5 Å². The van der Waals surface area contributed by atoms with Crippen molar-refractivity contribution < 1.29 is 23.1 Å². The fourth-order valence-electron chi connectivity index (χ4n) is 2.35. The normalized spacial score (nSPS) is 11.8. The molecule has 0 unspecified atom stereocenters. The average molecular weight is 375 g/mol. The van der Waals surface area contributed by atoms with E-state index < -0.39 is 21.2 Å².